The lowest BCUT2D eigenvalue weighted by Crippen LogP contribution is -2.42. The van der Waals surface area contributed by atoms with Crippen LogP contribution >= 0.6 is 0 Å². The van der Waals surface area contributed by atoms with E-state index >= 15 is 0 Å². The number of carbonyl (C=O) groups is 2. The predicted octanol–water partition coefficient (Wildman–Crippen LogP) is 1.39. The van der Waals surface area contributed by atoms with E-state index in [0.717, 1.165) is 13.0 Å². The summed E-state index contributed by atoms with van der Waals surface area (Å²) in [6.45, 7) is 3.22. The third kappa shape index (κ3) is 11.2. The number of imide groups is 1. The number of nitrogens with one attached hydrogen (secondary N) is 3. The third-order valence-electron chi connectivity index (χ3n) is 2.47. The quantitative estimate of drug-likeness (QED) is 0.536. The van der Waals surface area contributed by atoms with Crippen molar-refractivity contribution in [1.82, 2.24) is 16.0 Å². The second-order valence-electron chi connectivity index (χ2n) is 4.07. The second kappa shape index (κ2) is 11.4. The summed E-state index contributed by atoms with van der Waals surface area (Å²) in [4.78, 5) is 21.9. The van der Waals surface area contributed by atoms with Crippen LogP contribution in [0, 0.1) is 0 Å². The van der Waals surface area contributed by atoms with E-state index in [9.17, 15) is 9.59 Å². The van der Waals surface area contributed by atoms with Crippen LogP contribution in [0.4, 0.5) is 4.79 Å². The van der Waals surface area contributed by atoms with Gasteiger partial charge in [-0.3, -0.25) is 10.1 Å². The van der Waals surface area contributed by atoms with Crippen molar-refractivity contribution in [3.8, 4) is 0 Å². The summed E-state index contributed by atoms with van der Waals surface area (Å²) in [5, 5.41) is 7.54. The van der Waals surface area contributed by atoms with Crippen molar-refractivity contribution in [3.63, 3.8) is 0 Å². The molecular weight excluding hydrogens is 218 g/mol. The van der Waals surface area contributed by atoms with Gasteiger partial charge in [-0.05, 0) is 13.0 Å². The first-order valence-corrected chi connectivity index (χ1v) is 6.43. The van der Waals surface area contributed by atoms with Crippen LogP contribution in [0.5, 0.6) is 0 Å². The number of rotatable bonds is 9. The van der Waals surface area contributed by atoms with Crippen molar-refractivity contribution in [1.29, 1.82) is 0 Å². The summed E-state index contributed by atoms with van der Waals surface area (Å²) >= 11 is 0. The van der Waals surface area contributed by atoms with Crippen LogP contribution in [0.25, 0.3) is 0 Å². The van der Waals surface area contributed by atoms with Gasteiger partial charge >= 0.3 is 6.03 Å². The van der Waals surface area contributed by atoms with E-state index in [4.69, 9.17) is 0 Å². The lowest BCUT2D eigenvalue weighted by molar-refractivity contribution is -0.119. The second-order valence-corrected chi connectivity index (χ2v) is 4.07. The van der Waals surface area contributed by atoms with Gasteiger partial charge in [-0.2, -0.15) is 0 Å². The minimum Gasteiger partial charge on any atom is -0.341 e. The van der Waals surface area contributed by atoms with Gasteiger partial charge in [0.2, 0.25) is 5.91 Å². The molecule has 0 aliphatic heterocycles. The van der Waals surface area contributed by atoms with Gasteiger partial charge in [0, 0.05) is 7.05 Å². The molecule has 3 amide bonds. The van der Waals surface area contributed by atoms with E-state index in [1.165, 1.54) is 39.2 Å². The molecule has 0 unspecified atom stereocenters. The number of hydrogen-bond donors (Lipinski definition) is 3. The Hall–Kier alpha value is -1.10. The monoisotopic (exact) mass is 243 g/mol. The number of carbonyl (C=O) groups excluding carboxylic acids is 2. The van der Waals surface area contributed by atoms with E-state index in [1.807, 2.05) is 0 Å². The minimum absolute atomic E-state index is 0.197. The molecule has 0 spiro atoms. The maximum absolute atomic E-state index is 11.2. The first-order valence-electron chi connectivity index (χ1n) is 6.43. The van der Waals surface area contributed by atoms with Gasteiger partial charge < -0.3 is 10.6 Å². The summed E-state index contributed by atoms with van der Waals surface area (Å²) in [6.07, 6.45) is 7.41. The SMILES string of the molecule is CCCCCCCCNCC(=O)NC(=O)NC. The molecule has 0 fully saturated rings. The molecule has 0 aliphatic carbocycles. The molecule has 0 saturated carbocycles. The van der Waals surface area contributed by atoms with E-state index in [-0.39, 0.29) is 12.5 Å². The van der Waals surface area contributed by atoms with Crippen LogP contribution in [0.3, 0.4) is 0 Å². The van der Waals surface area contributed by atoms with Gasteiger partial charge in [0.25, 0.3) is 0 Å². The molecule has 0 atom stereocenters. The molecular formula is C12H25N3O2. The van der Waals surface area contributed by atoms with Crippen LogP contribution in [-0.4, -0.2) is 32.1 Å². The molecule has 0 aromatic heterocycles. The van der Waals surface area contributed by atoms with Gasteiger partial charge in [0.1, 0.15) is 0 Å². The van der Waals surface area contributed by atoms with Crippen LogP contribution in [0.15, 0.2) is 0 Å². The molecule has 0 aromatic rings. The molecule has 0 bridgehead atoms. The highest BCUT2D eigenvalue weighted by Crippen LogP contribution is 2.03. The van der Waals surface area contributed by atoms with Crippen LogP contribution in [0.2, 0.25) is 0 Å². The summed E-state index contributed by atoms with van der Waals surface area (Å²) in [6, 6.07) is -0.462. The normalized spacial score (nSPS) is 10.0. The van der Waals surface area contributed by atoms with E-state index in [0.29, 0.717) is 0 Å². The summed E-state index contributed by atoms with van der Waals surface area (Å²) in [7, 11) is 1.48. The zero-order valence-corrected chi connectivity index (χ0v) is 11.0. The van der Waals surface area contributed by atoms with Crippen molar-refractivity contribution in [3.05, 3.63) is 0 Å². The van der Waals surface area contributed by atoms with Crippen molar-refractivity contribution in [2.45, 2.75) is 45.4 Å². The van der Waals surface area contributed by atoms with Crippen molar-refractivity contribution < 1.29 is 9.59 Å². The first-order chi connectivity index (χ1) is 8.20. The highest BCUT2D eigenvalue weighted by atomic mass is 16.2. The highest BCUT2D eigenvalue weighted by molar-refractivity contribution is 5.95. The number of hydrogen-bond acceptors (Lipinski definition) is 3. The van der Waals surface area contributed by atoms with Crippen molar-refractivity contribution in [2.24, 2.45) is 0 Å². The Balaban J connectivity index is 3.22. The fraction of sp³-hybridized carbons (Fsp3) is 0.833. The molecule has 0 saturated heterocycles. The zero-order chi connectivity index (χ0) is 12.9. The Kier molecular flexibility index (Phi) is 10.7. The molecule has 5 heteroatoms. The standard InChI is InChI=1S/C12H25N3O2/c1-3-4-5-6-7-8-9-14-10-11(16)15-12(17)13-2/h14H,3-10H2,1-2H3,(H2,13,15,16,17). The molecule has 0 aliphatic rings. The largest absolute Gasteiger partial charge is 0.341 e. The highest BCUT2D eigenvalue weighted by Gasteiger charge is 2.03. The van der Waals surface area contributed by atoms with Gasteiger partial charge in [-0.25, -0.2) is 4.79 Å². The van der Waals surface area contributed by atoms with Gasteiger partial charge in [0.15, 0.2) is 0 Å². The predicted molar refractivity (Wildman–Crippen MR) is 68.8 cm³/mol. The zero-order valence-electron chi connectivity index (χ0n) is 11.0. The van der Waals surface area contributed by atoms with E-state index in [2.05, 4.69) is 22.9 Å². The Morgan fingerprint density at radius 1 is 1.00 bits per heavy atom. The molecule has 3 N–H and O–H groups in total. The maximum atomic E-state index is 11.2. The maximum Gasteiger partial charge on any atom is 0.321 e. The Labute approximate surface area is 104 Å². The molecule has 0 rings (SSSR count). The van der Waals surface area contributed by atoms with Crippen molar-refractivity contribution >= 4 is 11.9 Å². The third-order valence-corrected chi connectivity index (χ3v) is 2.47. The topological polar surface area (TPSA) is 70.2 Å². The molecule has 100 valence electrons. The number of urea groups is 1. The molecule has 0 heterocycles. The smallest absolute Gasteiger partial charge is 0.321 e. The summed E-state index contributed by atoms with van der Waals surface area (Å²) in [5.41, 5.74) is 0. The fourth-order valence-corrected chi connectivity index (χ4v) is 1.47. The molecule has 0 radical (unpaired) electrons. The average molecular weight is 243 g/mol. The van der Waals surface area contributed by atoms with Crippen LogP contribution in [0.1, 0.15) is 45.4 Å². The van der Waals surface area contributed by atoms with Gasteiger partial charge in [-0.1, -0.05) is 39.0 Å². The molecule has 17 heavy (non-hydrogen) atoms. The Bertz CT molecular complexity index is 220. The van der Waals surface area contributed by atoms with Crippen LogP contribution < -0.4 is 16.0 Å². The number of unbranched alkanes of at least 4 members (excludes halogenated alkanes) is 5. The van der Waals surface area contributed by atoms with E-state index in [1.54, 1.807) is 0 Å². The van der Waals surface area contributed by atoms with E-state index < -0.39 is 6.03 Å². The summed E-state index contributed by atoms with van der Waals surface area (Å²) in [5.74, 6) is -0.296. The fourth-order valence-electron chi connectivity index (χ4n) is 1.47. The Morgan fingerprint density at radius 2 is 1.65 bits per heavy atom. The Morgan fingerprint density at radius 3 is 2.29 bits per heavy atom. The molecule has 0 aromatic carbocycles. The lowest BCUT2D eigenvalue weighted by Gasteiger charge is -2.05. The molecule has 5 nitrogen and oxygen atoms in total. The van der Waals surface area contributed by atoms with Gasteiger partial charge in [-0.15, -0.1) is 0 Å². The van der Waals surface area contributed by atoms with Crippen LogP contribution in [-0.2, 0) is 4.79 Å². The summed E-state index contributed by atoms with van der Waals surface area (Å²) < 4.78 is 0. The average Bonchev–Trinajstić information content (AvgIpc) is 2.32. The first kappa shape index (κ1) is 15.9. The van der Waals surface area contributed by atoms with Crippen molar-refractivity contribution in [2.75, 3.05) is 20.1 Å². The minimum atomic E-state index is -0.462. The van der Waals surface area contributed by atoms with Gasteiger partial charge in [0.05, 0.1) is 6.54 Å². The number of amides is 3. The lowest BCUT2D eigenvalue weighted by atomic mass is 10.1.